The lowest BCUT2D eigenvalue weighted by Gasteiger charge is -2.23. The summed E-state index contributed by atoms with van der Waals surface area (Å²) in [5, 5.41) is 5.11. The number of aromatic nitrogens is 2. The fourth-order valence-electron chi connectivity index (χ4n) is 1.75. The summed E-state index contributed by atoms with van der Waals surface area (Å²) in [5.41, 5.74) is 0.888. The molecule has 0 amide bonds. The lowest BCUT2D eigenvalue weighted by Crippen LogP contribution is -2.32. The van der Waals surface area contributed by atoms with E-state index in [0.29, 0.717) is 6.54 Å². The number of alkyl halides is 1. The highest BCUT2D eigenvalue weighted by Gasteiger charge is 2.18. The molecule has 0 spiro atoms. The van der Waals surface area contributed by atoms with E-state index in [9.17, 15) is 4.79 Å². The molecule has 102 valence electrons. The van der Waals surface area contributed by atoms with Crippen LogP contribution in [0.25, 0.3) is 0 Å². The molecule has 1 heterocycles. The molecule has 1 rings (SSSR count). The molecule has 1 aromatic heterocycles. The van der Waals surface area contributed by atoms with Crippen LogP contribution in [0.2, 0.25) is 0 Å². The average Bonchev–Trinajstić information content (AvgIpc) is 2.34. The van der Waals surface area contributed by atoms with E-state index in [1.165, 1.54) is 4.68 Å². The highest BCUT2D eigenvalue weighted by atomic mass is 79.9. The van der Waals surface area contributed by atoms with E-state index in [0.717, 1.165) is 24.1 Å². The van der Waals surface area contributed by atoms with Crippen LogP contribution >= 0.6 is 15.9 Å². The number of hydrogen-bond acceptors (Lipinski definition) is 3. The SMILES string of the molecule is CCN(CC)c1cnn(CC(C)(C)CBr)c(=O)c1. The Balaban J connectivity index is 2.96. The van der Waals surface area contributed by atoms with Gasteiger partial charge in [0.15, 0.2) is 0 Å². The van der Waals surface area contributed by atoms with Crippen molar-refractivity contribution in [3.05, 3.63) is 22.6 Å². The van der Waals surface area contributed by atoms with Crippen molar-refractivity contribution >= 4 is 21.6 Å². The maximum Gasteiger partial charge on any atom is 0.268 e. The Hall–Kier alpha value is -0.840. The largest absolute Gasteiger partial charge is 0.371 e. The van der Waals surface area contributed by atoms with E-state index >= 15 is 0 Å². The Labute approximate surface area is 117 Å². The van der Waals surface area contributed by atoms with Gasteiger partial charge in [-0.2, -0.15) is 5.10 Å². The molecule has 0 saturated carbocycles. The van der Waals surface area contributed by atoms with E-state index in [4.69, 9.17) is 0 Å². The molecule has 0 aliphatic heterocycles. The summed E-state index contributed by atoms with van der Waals surface area (Å²) in [6.07, 6.45) is 1.78. The Morgan fingerprint density at radius 1 is 1.39 bits per heavy atom. The van der Waals surface area contributed by atoms with E-state index < -0.39 is 0 Å². The number of hydrogen-bond donors (Lipinski definition) is 0. The van der Waals surface area contributed by atoms with Gasteiger partial charge in [-0.15, -0.1) is 0 Å². The molecule has 0 aliphatic carbocycles. The minimum Gasteiger partial charge on any atom is -0.371 e. The Morgan fingerprint density at radius 3 is 2.44 bits per heavy atom. The molecule has 0 radical (unpaired) electrons. The van der Waals surface area contributed by atoms with Gasteiger partial charge in [-0.05, 0) is 19.3 Å². The second-order valence-electron chi connectivity index (χ2n) is 5.18. The summed E-state index contributed by atoms with van der Waals surface area (Å²) in [6.45, 7) is 10.7. The Kier molecular flexibility index (Phi) is 5.38. The third kappa shape index (κ3) is 3.83. The van der Waals surface area contributed by atoms with Gasteiger partial charge in [0, 0.05) is 24.5 Å². The molecule has 0 N–H and O–H groups in total. The first kappa shape index (κ1) is 15.2. The van der Waals surface area contributed by atoms with Crippen molar-refractivity contribution in [3.63, 3.8) is 0 Å². The second kappa shape index (κ2) is 6.36. The van der Waals surface area contributed by atoms with Crippen molar-refractivity contribution in [3.8, 4) is 0 Å². The van der Waals surface area contributed by atoms with Gasteiger partial charge >= 0.3 is 0 Å². The van der Waals surface area contributed by atoms with E-state index in [1.54, 1.807) is 12.3 Å². The van der Waals surface area contributed by atoms with Crippen LogP contribution in [0.5, 0.6) is 0 Å². The first-order valence-electron chi connectivity index (χ1n) is 6.31. The zero-order valence-electron chi connectivity index (χ0n) is 11.6. The predicted octanol–water partition coefficient (Wildman–Crippen LogP) is 2.51. The topological polar surface area (TPSA) is 38.1 Å². The molecule has 0 aliphatic rings. The molecular weight excluding hydrogens is 294 g/mol. The highest BCUT2D eigenvalue weighted by molar-refractivity contribution is 9.09. The van der Waals surface area contributed by atoms with Gasteiger partial charge in [0.2, 0.25) is 0 Å². The molecule has 4 nitrogen and oxygen atoms in total. The van der Waals surface area contributed by atoms with Crippen molar-refractivity contribution in [1.29, 1.82) is 0 Å². The normalized spacial score (nSPS) is 11.6. The molecular formula is C13H22BrN3O. The van der Waals surface area contributed by atoms with Gasteiger partial charge in [0.05, 0.1) is 18.4 Å². The third-order valence-corrected chi connectivity index (χ3v) is 4.44. The van der Waals surface area contributed by atoms with Crippen LogP contribution in [0, 0.1) is 5.41 Å². The third-order valence-electron chi connectivity index (χ3n) is 2.92. The van der Waals surface area contributed by atoms with Gasteiger partial charge in [0.1, 0.15) is 0 Å². The van der Waals surface area contributed by atoms with E-state index in [1.807, 2.05) is 0 Å². The average molecular weight is 316 g/mol. The summed E-state index contributed by atoms with van der Waals surface area (Å²) in [7, 11) is 0. The lowest BCUT2D eigenvalue weighted by molar-refractivity contribution is 0.326. The summed E-state index contributed by atoms with van der Waals surface area (Å²) in [6, 6.07) is 1.67. The van der Waals surface area contributed by atoms with Crippen LogP contribution in [0.15, 0.2) is 17.1 Å². The van der Waals surface area contributed by atoms with Gasteiger partial charge in [-0.1, -0.05) is 29.8 Å². The van der Waals surface area contributed by atoms with Crippen LogP contribution < -0.4 is 10.5 Å². The van der Waals surface area contributed by atoms with Crippen LogP contribution in [0.3, 0.4) is 0 Å². The van der Waals surface area contributed by atoms with Crippen LogP contribution in [-0.2, 0) is 6.54 Å². The lowest BCUT2D eigenvalue weighted by atomic mass is 9.97. The second-order valence-corrected chi connectivity index (χ2v) is 5.74. The Morgan fingerprint density at radius 2 is 2.00 bits per heavy atom. The monoisotopic (exact) mass is 315 g/mol. The first-order valence-corrected chi connectivity index (χ1v) is 7.43. The molecule has 1 aromatic rings. The van der Waals surface area contributed by atoms with Crippen molar-refractivity contribution < 1.29 is 0 Å². The zero-order valence-corrected chi connectivity index (χ0v) is 13.2. The van der Waals surface area contributed by atoms with Crippen molar-refractivity contribution in [1.82, 2.24) is 9.78 Å². The van der Waals surface area contributed by atoms with Crippen molar-refractivity contribution in [2.45, 2.75) is 34.2 Å². The number of rotatable bonds is 6. The van der Waals surface area contributed by atoms with Crippen LogP contribution in [0.4, 0.5) is 5.69 Å². The van der Waals surface area contributed by atoms with E-state index in [-0.39, 0.29) is 11.0 Å². The van der Waals surface area contributed by atoms with Gasteiger partial charge in [-0.25, -0.2) is 4.68 Å². The Bertz CT molecular complexity index is 438. The van der Waals surface area contributed by atoms with Crippen molar-refractivity contribution in [2.24, 2.45) is 5.41 Å². The van der Waals surface area contributed by atoms with Crippen LogP contribution in [-0.4, -0.2) is 28.2 Å². The standard InChI is InChI=1S/C13H22BrN3O/c1-5-16(6-2)11-7-12(18)17(15-8-11)10-13(3,4)9-14/h7-8H,5-6,9-10H2,1-4H3. The minimum atomic E-state index is -0.0339. The summed E-state index contributed by atoms with van der Waals surface area (Å²) in [4.78, 5) is 14.1. The predicted molar refractivity (Wildman–Crippen MR) is 79.6 cm³/mol. The molecule has 5 heteroatoms. The molecule has 0 unspecified atom stereocenters. The molecule has 0 bridgehead atoms. The fraction of sp³-hybridized carbons (Fsp3) is 0.692. The number of anilines is 1. The van der Waals surface area contributed by atoms with Crippen molar-refractivity contribution in [2.75, 3.05) is 23.3 Å². The van der Waals surface area contributed by atoms with Gasteiger partial charge in [-0.3, -0.25) is 4.79 Å². The van der Waals surface area contributed by atoms with Gasteiger partial charge < -0.3 is 4.90 Å². The quantitative estimate of drug-likeness (QED) is 0.757. The fourth-order valence-corrected chi connectivity index (χ4v) is 1.93. The first-order chi connectivity index (χ1) is 8.43. The molecule has 18 heavy (non-hydrogen) atoms. The zero-order chi connectivity index (χ0) is 13.8. The van der Waals surface area contributed by atoms with Crippen LogP contribution in [0.1, 0.15) is 27.7 Å². The number of halogens is 1. The maximum absolute atomic E-state index is 12.0. The molecule has 0 aromatic carbocycles. The molecule has 0 fully saturated rings. The smallest absolute Gasteiger partial charge is 0.268 e. The number of nitrogens with zero attached hydrogens (tertiary/aromatic N) is 3. The van der Waals surface area contributed by atoms with Gasteiger partial charge in [0.25, 0.3) is 5.56 Å². The maximum atomic E-state index is 12.0. The summed E-state index contributed by atoms with van der Waals surface area (Å²) >= 11 is 3.46. The highest BCUT2D eigenvalue weighted by Crippen LogP contribution is 2.19. The summed E-state index contributed by atoms with van der Waals surface area (Å²) < 4.78 is 1.54. The van der Waals surface area contributed by atoms with E-state index in [2.05, 4.69) is 53.6 Å². The molecule has 0 atom stereocenters. The molecule has 0 saturated heterocycles. The summed E-state index contributed by atoms with van der Waals surface area (Å²) in [5.74, 6) is 0. The minimum absolute atomic E-state index is 0.0214.